The first-order valence-electron chi connectivity index (χ1n) is 10.5. The van der Waals surface area contributed by atoms with E-state index in [0.29, 0.717) is 6.54 Å². The third-order valence-electron chi connectivity index (χ3n) is 5.64. The molecule has 0 bridgehead atoms. The van der Waals surface area contributed by atoms with Gasteiger partial charge < -0.3 is 20.3 Å². The molecule has 2 aromatic carbocycles. The predicted molar refractivity (Wildman–Crippen MR) is 122 cm³/mol. The number of pyridine rings is 1. The first kappa shape index (κ1) is 22.0. The molecule has 0 saturated carbocycles. The third kappa shape index (κ3) is 5.34. The van der Waals surface area contributed by atoms with Crippen LogP contribution in [0.15, 0.2) is 78.0 Å². The van der Waals surface area contributed by atoms with Crippen molar-refractivity contribution in [3.63, 3.8) is 0 Å². The Bertz CT molecular complexity index is 951. The van der Waals surface area contributed by atoms with Gasteiger partial charge in [-0.25, -0.2) is 4.98 Å². The number of nitrogens with two attached hydrogens (primary N) is 1. The fourth-order valence-corrected chi connectivity index (χ4v) is 4.75. The number of rotatable bonds is 7. The summed E-state index contributed by atoms with van der Waals surface area (Å²) < 4.78 is 12.9. The topological polar surface area (TPSA) is 77.6 Å². The molecule has 1 aliphatic rings. The third-order valence-corrected chi connectivity index (χ3v) is 6.68. The average Bonchev–Trinajstić information content (AvgIpc) is 2.84. The molecule has 2 heterocycles. The molecule has 0 unspecified atom stereocenters. The van der Waals surface area contributed by atoms with E-state index in [2.05, 4.69) is 11.9 Å². The smallest absolute Gasteiger partial charge is 0.184 e. The molecule has 3 N–H and O–H groups in total. The molecule has 31 heavy (non-hydrogen) atoms. The van der Waals surface area contributed by atoms with Gasteiger partial charge in [-0.05, 0) is 28.8 Å². The quantitative estimate of drug-likeness (QED) is 0.527. The van der Waals surface area contributed by atoms with Crippen LogP contribution in [0.2, 0.25) is 0 Å². The minimum absolute atomic E-state index is 0.0116. The zero-order valence-electron chi connectivity index (χ0n) is 17.6. The van der Waals surface area contributed by atoms with Crippen LogP contribution in [-0.4, -0.2) is 21.9 Å². The largest absolute Gasteiger partial charge is 0.392 e. The molecule has 4 atom stereocenters. The Balaban J connectivity index is 1.58. The second kappa shape index (κ2) is 10.4. The van der Waals surface area contributed by atoms with E-state index in [1.807, 2.05) is 72.9 Å². The van der Waals surface area contributed by atoms with Gasteiger partial charge in [-0.2, -0.15) is 0 Å². The molecule has 0 amide bonds. The molecule has 162 valence electrons. The Hall–Kier alpha value is -2.22. The highest BCUT2D eigenvalue weighted by Gasteiger charge is 2.38. The van der Waals surface area contributed by atoms with E-state index in [4.69, 9.17) is 15.2 Å². The Morgan fingerprint density at radius 1 is 0.935 bits per heavy atom. The highest BCUT2D eigenvalue weighted by atomic mass is 32.2. The first-order valence-corrected chi connectivity index (χ1v) is 11.5. The van der Waals surface area contributed by atoms with Gasteiger partial charge in [0.25, 0.3) is 0 Å². The van der Waals surface area contributed by atoms with Crippen molar-refractivity contribution in [1.82, 2.24) is 4.98 Å². The van der Waals surface area contributed by atoms with E-state index in [0.717, 1.165) is 33.0 Å². The van der Waals surface area contributed by atoms with Crippen LogP contribution >= 0.6 is 11.8 Å². The summed E-state index contributed by atoms with van der Waals surface area (Å²) in [6.07, 6.45) is 1.22. The summed E-state index contributed by atoms with van der Waals surface area (Å²) >= 11 is 1.70. The van der Waals surface area contributed by atoms with Gasteiger partial charge in [0.15, 0.2) is 6.29 Å². The molecule has 1 aliphatic heterocycles. The summed E-state index contributed by atoms with van der Waals surface area (Å²) in [6.45, 7) is 2.71. The SMILES string of the molecule is C[C@@H]1[C@H](CSc2ccccn2)O[C@H](c2ccc(CN)cc2)O[C@@H]1c1ccc(CO)cc1. The van der Waals surface area contributed by atoms with E-state index < -0.39 is 6.29 Å². The summed E-state index contributed by atoms with van der Waals surface area (Å²) in [5, 5.41) is 10.4. The van der Waals surface area contributed by atoms with Crippen LogP contribution in [-0.2, 0) is 22.6 Å². The van der Waals surface area contributed by atoms with E-state index in [1.165, 1.54) is 0 Å². The van der Waals surface area contributed by atoms with Crippen molar-refractivity contribution in [3.05, 3.63) is 95.2 Å². The maximum absolute atomic E-state index is 9.38. The molecular weight excluding hydrogens is 408 g/mol. The van der Waals surface area contributed by atoms with Crippen molar-refractivity contribution in [3.8, 4) is 0 Å². The lowest BCUT2D eigenvalue weighted by atomic mass is 9.91. The number of ether oxygens (including phenoxy) is 2. The number of nitrogens with zero attached hydrogens (tertiary/aromatic N) is 1. The van der Waals surface area contributed by atoms with Crippen molar-refractivity contribution in [1.29, 1.82) is 0 Å². The number of hydrogen-bond donors (Lipinski definition) is 2. The number of benzene rings is 2. The Labute approximate surface area is 187 Å². The molecule has 6 heteroatoms. The second-order valence-electron chi connectivity index (χ2n) is 7.75. The Morgan fingerprint density at radius 2 is 1.65 bits per heavy atom. The van der Waals surface area contributed by atoms with Crippen LogP contribution < -0.4 is 5.73 Å². The number of hydrogen-bond acceptors (Lipinski definition) is 6. The van der Waals surface area contributed by atoms with Crippen LogP contribution in [0.5, 0.6) is 0 Å². The van der Waals surface area contributed by atoms with Crippen molar-refractivity contribution < 1.29 is 14.6 Å². The summed E-state index contributed by atoms with van der Waals surface area (Å²) in [6, 6.07) is 22.0. The van der Waals surface area contributed by atoms with Gasteiger partial charge in [0.1, 0.15) is 0 Å². The fraction of sp³-hybridized carbons (Fsp3) is 0.320. The summed E-state index contributed by atoms with van der Waals surface area (Å²) in [5.41, 5.74) is 9.78. The minimum atomic E-state index is -0.458. The maximum atomic E-state index is 9.38. The number of aliphatic hydroxyl groups is 1. The monoisotopic (exact) mass is 436 g/mol. The summed E-state index contributed by atoms with van der Waals surface area (Å²) in [5.74, 6) is 0.931. The maximum Gasteiger partial charge on any atom is 0.184 e. The zero-order chi connectivity index (χ0) is 21.6. The fourth-order valence-electron chi connectivity index (χ4n) is 3.72. The highest BCUT2D eigenvalue weighted by Crippen LogP contribution is 2.42. The molecule has 5 nitrogen and oxygen atoms in total. The van der Waals surface area contributed by atoms with Gasteiger partial charge in [0, 0.05) is 30.0 Å². The molecule has 0 spiro atoms. The van der Waals surface area contributed by atoms with Crippen LogP contribution in [0.4, 0.5) is 0 Å². The number of aliphatic hydroxyl groups excluding tert-OH is 1. The minimum Gasteiger partial charge on any atom is -0.392 e. The molecule has 1 fully saturated rings. The van der Waals surface area contributed by atoms with Crippen LogP contribution in [0.1, 0.15) is 41.6 Å². The molecule has 1 aromatic heterocycles. The number of thioether (sulfide) groups is 1. The Morgan fingerprint density at radius 3 is 2.29 bits per heavy atom. The van der Waals surface area contributed by atoms with Gasteiger partial charge >= 0.3 is 0 Å². The molecule has 0 radical (unpaired) electrons. The van der Waals surface area contributed by atoms with Gasteiger partial charge in [-0.3, -0.25) is 0 Å². The Kier molecular flexibility index (Phi) is 7.37. The highest BCUT2D eigenvalue weighted by molar-refractivity contribution is 7.99. The lowest BCUT2D eigenvalue weighted by Gasteiger charge is -2.41. The van der Waals surface area contributed by atoms with Gasteiger partial charge in [-0.1, -0.05) is 61.5 Å². The van der Waals surface area contributed by atoms with Crippen LogP contribution in [0.3, 0.4) is 0 Å². The van der Waals surface area contributed by atoms with Gasteiger partial charge in [0.2, 0.25) is 0 Å². The summed E-state index contributed by atoms with van der Waals surface area (Å²) in [7, 11) is 0. The lowest BCUT2D eigenvalue weighted by molar-refractivity contribution is -0.268. The van der Waals surface area contributed by atoms with E-state index in [-0.39, 0.29) is 24.7 Å². The molecule has 4 rings (SSSR count). The molecule has 1 saturated heterocycles. The predicted octanol–water partition coefficient (Wildman–Crippen LogP) is 4.62. The van der Waals surface area contributed by atoms with E-state index in [9.17, 15) is 5.11 Å². The average molecular weight is 437 g/mol. The van der Waals surface area contributed by atoms with E-state index >= 15 is 0 Å². The van der Waals surface area contributed by atoms with Crippen molar-refractivity contribution in [2.75, 3.05) is 5.75 Å². The second-order valence-corrected chi connectivity index (χ2v) is 8.79. The summed E-state index contributed by atoms with van der Waals surface area (Å²) in [4.78, 5) is 4.42. The first-order chi connectivity index (χ1) is 15.2. The van der Waals surface area contributed by atoms with Crippen molar-refractivity contribution >= 4 is 11.8 Å². The molecular formula is C25H28N2O3S. The standard InChI is InChI=1S/C25H28N2O3S/c1-17-22(16-31-23-4-2-3-13-27-23)29-25(21-11-5-18(14-26)6-12-21)30-24(17)20-9-7-19(15-28)8-10-20/h2-13,17,22,24-25,28H,14-16,26H2,1H3/t17-,22+,24+,25+/m1/s1. The van der Waals surface area contributed by atoms with Gasteiger partial charge in [0.05, 0.1) is 23.8 Å². The molecule has 0 aliphatic carbocycles. The van der Waals surface area contributed by atoms with E-state index in [1.54, 1.807) is 11.8 Å². The zero-order valence-corrected chi connectivity index (χ0v) is 18.4. The number of aromatic nitrogens is 1. The van der Waals surface area contributed by atoms with Crippen molar-refractivity contribution in [2.24, 2.45) is 11.7 Å². The van der Waals surface area contributed by atoms with Crippen LogP contribution in [0.25, 0.3) is 0 Å². The van der Waals surface area contributed by atoms with Gasteiger partial charge in [-0.15, -0.1) is 11.8 Å². The van der Waals surface area contributed by atoms with Crippen LogP contribution in [0, 0.1) is 5.92 Å². The normalized spacial score (nSPS) is 23.6. The molecule has 3 aromatic rings. The lowest BCUT2D eigenvalue weighted by Crippen LogP contribution is -2.38. The van der Waals surface area contributed by atoms with Crippen molar-refractivity contribution in [2.45, 2.75) is 43.6 Å².